The van der Waals surface area contributed by atoms with Crippen LogP contribution in [-0.2, 0) is 6.18 Å². The van der Waals surface area contributed by atoms with E-state index in [0.29, 0.717) is 5.56 Å². The van der Waals surface area contributed by atoms with Crippen molar-refractivity contribution < 1.29 is 22.8 Å². The zero-order valence-electron chi connectivity index (χ0n) is 24.2. The highest BCUT2D eigenvalue weighted by Crippen LogP contribution is 2.35. The fourth-order valence-electron chi connectivity index (χ4n) is 4.41. The van der Waals surface area contributed by atoms with Crippen LogP contribution in [0.15, 0.2) is 66.0 Å². The van der Waals surface area contributed by atoms with E-state index in [-0.39, 0.29) is 22.6 Å². The van der Waals surface area contributed by atoms with Gasteiger partial charge in [-0.1, -0.05) is 18.2 Å². The van der Waals surface area contributed by atoms with Crippen molar-refractivity contribution in [2.24, 2.45) is 4.99 Å². The van der Waals surface area contributed by atoms with Gasteiger partial charge in [0.2, 0.25) is 0 Å². The molecular formula is C32H29F3N6O2. The lowest BCUT2D eigenvalue weighted by Gasteiger charge is -2.18. The molecule has 0 atom stereocenters. The molecule has 1 aromatic heterocycles. The Labute approximate surface area is 247 Å². The number of imidazole rings is 1. The number of benzene rings is 3. The van der Waals surface area contributed by atoms with Gasteiger partial charge in [-0.2, -0.15) is 13.2 Å². The molecule has 0 aliphatic carbocycles. The Morgan fingerprint density at radius 2 is 1.70 bits per heavy atom. The number of hydrogen-bond acceptors (Lipinski definition) is 5. The Bertz CT molecular complexity index is 1800. The number of aliphatic imine (C=N–C) groups is 1. The lowest BCUT2D eigenvalue weighted by molar-refractivity contribution is -0.137. The number of carbonyl (C=O) groups is 2. The highest BCUT2D eigenvalue weighted by Gasteiger charge is 2.31. The average molecular weight is 587 g/mol. The topological polar surface area (TPSA) is 91.6 Å². The van der Waals surface area contributed by atoms with E-state index in [0.717, 1.165) is 40.2 Å². The third-order valence-electron chi connectivity index (χ3n) is 6.75. The predicted molar refractivity (Wildman–Crippen MR) is 161 cm³/mol. The highest BCUT2D eigenvalue weighted by atomic mass is 19.4. The molecule has 0 aliphatic heterocycles. The van der Waals surface area contributed by atoms with Gasteiger partial charge in [-0.05, 0) is 80.4 Å². The molecule has 0 saturated carbocycles. The van der Waals surface area contributed by atoms with E-state index in [1.54, 1.807) is 30.1 Å². The van der Waals surface area contributed by atoms with E-state index >= 15 is 0 Å². The van der Waals surface area contributed by atoms with Crippen LogP contribution in [0.25, 0.3) is 5.69 Å². The molecule has 3 aromatic carbocycles. The fourth-order valence-corrected chi connectivity index (χ4v) is 4.41. The number of aryl methyl sites for hydroxylation is 3. The zero-order valence-corrected chi connectivity index (χ0v) is 24.2. The van der Waals surface area contributed by atoms with Crippen LogP contribution in [0.4, 0.5) is 30.2 Å². The molecule has 8 nitrogen and oxygen atoms in total. The Hall–Kier alpha value is -5.37. The number of aromatic nitrogens is 2. The molecule has 220 valence electrons. The van der Waals surface area contributed by atoms with Crippen molar-refractivity contribution in [3.63, 3.8) is 0 Å². The molecule has 0 radical (unpaired) electrons. The number of rotatable bonds is 6. The molecule has 0 unspecified atom stereocenters. The molecule has 0 saturated heterocycles. The predicted octanol–water partition coefficient (Wildman–Crippen LogP) is 6.21. The molecule has 2 amide bonds. The van der Waals surface area contributed by atoms with E-state index in [1.165, 1.54) is 30.2 Å². The number of carbonyl (C=O) groups excluding carboxylic acids is 2. The number of halogens is 3. The van der Waals surface area contributed by atoms with Crippen LogP contribution in [0.2, 0.25) is 0 Å². The summed E-state index contributed by atoms with van der Waals surface area (Å²) in [6.45, 7) is 9.40. The van der Waals surface area contributed by atoms with E-state index in [4.69, 9.17) is 0 Å². The van der Waals surface area contributed by atoms with Gasteiger partial charge in [0.1, 0.15) is 12.0 Å². The monoisotopic (exact) mass is 586 g/mol. The van der Waals surface area contributed by atoms with Crippen molar-refractivity contribution in [3.05, 3.63) is 100 Å². The van der Waals surface area contributed by atoms with Gasteiger partial charge < -0.3 is 20.1 Å². The Morgan fingerprint density at radius 1 is 1.00 bits per heavy atom. The van der Waals surface area contributed by atoms with Crippen LogP contribution in [0.3, 0.4) is 0 Å². The summed E-state index contributed by atoms with van der Waals surface area (Å²) < 4.78 is 42.5. The van der Waals surface area contributed by atoms with Crippen LogP contribution < -0.4 is 15.5 Å². The molecule has 2 N–H and O–H groups in total. The third kappa shape index (κ3) is 6.76. The van der Waals surface area contributed by atoms with Gasteiger partial charge >= 0.3 is 6.18 Å². The van der Waals surface area contributed by atoms with Crippen molar-refractivity contribution in [1.82, 2.24) is 14.9 Å². The minimum absolute atomic E-state index is 0.0268. The van der Waals surface area contributed by atoms with Crippen LogP contribution in [0, 0.1) is 32.7 Å². The van der Waals surface area contributed by atoms with Crippen LogP contribution in [0.5, 0.6) is 0 Å². The summed E-state index contributed by atoms with van der Waals surface area (Å²) >= 11 is 0. The summed E-state index contributed by atoms with van der Waals surface area (Å²) in [4.78, 5) is 34.9. The smallest absolute Gasteiger partial charge is 0.354 e. The maximum Gasteiger partial charge on any atom is 0.416 e. The Morgan fingerprint density at radius 3 is 2.37 bits per heavy atom. The maximum atomic E-state index is 13.7. The lowest BCUT2D eigenvalue weighted by atomic mass is 10.0. The van der Waals surface area contributed by atoms with Crippen molar-refractivity contribution in [2.75, 3.05) is 24.3 Å². The first-order chi connectivity index (χ1) is 20.3. The quantitative estimate of drug-likeness (QED) is 0.160. The Balaban J connectivity index is 1.64. The minimum Gasteiger partial charge on any atom is -0.354 e. The van der Waals surface area contributed by atoms with Gasteiger partial charge in [-0.15, -0.1) is 0 Å². The van der Waals surface area contributed by atoms with Gasteiger partial charge in [-0.25, -0.2) is 4.98 Å². The van der Waals surface area contributed by atoms with Gasteiger partial charge in [0.25, 0.3) is 11.8 Å². The second kappa shape index (κ2) is 12.2. The van der Waals surface area contributed by atoms with Crippen LogP contribution in [-0.4, -0.2) is 42.2 Å². The molecule has 11 heteroatoms. The standard InChI is InChI=1S/C32H29F3N6O2/c1-19-9-10-23(13-22(19)11-12-40(6)29-21(3)8-7-20(2)28(29)36-4)30(42)39-25-14-24(32(33,34)35)15-26(16-25)41-17-27(38-18-41)31(43)37-5/h7-10,13-18H,4H2,1-3,5-6H3,(H,37,43)(H,39,42). The molecular weight excluding hydrogens is 557 g/mol. The first-order valence-electron chi connectivity index (χ1n) is 13.1. The van der Waals surface area contributed by atoms with Crippen molar-refractivity contribution in [2.45, 2.75) is 26.9 Å². The van der Waals surface area contributed by atoms with E-state index in [9.17, 15) is 22.8 Å². The number of amides is 2. The molecule has 4 rings (SSSR count). The second-order valence-electron chi connectivity index (χ2n) is 9.85. The lowest BCUT2D eigenvalue weighted by Crippen LogP contribution is -2.18. The summed E-state index contributed by atoms with van der Waals surface area (Å²) in [5.74, 6) is 1.98. The van der Waals surface area contributed by atoms with Gasteiger partial charge in [0, 0.05) is 48.8 Å². The highest BCUT2D eigenvalue weighted by molar-refractivity contribution is 6.04. The minimum atomic E-state index is -4.69. The van der Waals surface area contributed by atoms with Crippen molar-refractivity contribution in [3.8, 4) is 17.7 Å². The van der Waals surface area contributed by atoms with Crippen LogP contribution >= 0.6 is 0 Å². The second-order valence-corrected chi connectivity index (χ2v) is 9.85. The SMILES string of the molecule is C=Nc1c(C)ccc(C)c1N(C)C#Cc1cc(C(=O)Nc2cc(-n3cnc(C(=O)NC)c3)cc(C(F)(F)F)c2)ccc1C. The zero-order chi connectivity index (χ0) is 31.5. The van der Waals surface area contributed by atoms with Gasteiger partial charge in [0.05, 0.1) is 16.9 Å². The average Bonchev–Trinajstić information content (AvgIpc) is 3.47. The summed E-state index contributed by atoms with van der Waals surface area (Å²) in [5, 5.41) is 4.97. The third-order valence-corrected chi connectivity index (χ3v) is 6.75. The molecule has 4 aromatic rings. The number of nitrogens with zero attached hydrogens (tertiary/aromatic N) is 4. The summed E-state index contributed by atoms with van der Waals surface area (Å²) in [5.41, 5.74) is 4.08. The van der Waals surface area contributed by atoms with E-state index < -0.39 is 23.6 Å². The fraction of sp³-hybridized carbons (Fsp3) is 0.188. The number of anilines is 2. The molecule has 0 aliphatic rings. The molecule has 1 heterocycles. The summed E-state index contributed by atoms with van der Waals surface area (Å²) in [6.07, 6.45) is -2.16. The molecule has 0 fully saturated rings. The number of alkyl halides is 3. The first-order valence-corrected chi connectivity index (χ1v) is 13.1. The van der Waals surface area contributed by atoms with Gasteiger partial charge in [0.15, 0.2) is 0 Å². The van der Waals surface area contributed by atoms with Crippen LogP contribution in [0.1, 0.15) is 48.7 Å². The summed E-state index contributed by atoms with van der Waals surface area (Å²) in [6, 6.07) is 15.0. The molecule has 0 bridgehead atoms. The first kappa shape index (κ1) is 30.6. The number of nitrogens with one attached hydrogen (secondary N) is 2. The van der Waals surface area contributed by atoms with Crippen molar-refractivity contribution in [1.29, 1.82) is 0 Å². The van der Waals surface area contributed by atoms with Crippen molar-refractivity contribution >= 4 is 35.6 Å². The largest absolute Gasteiger partial charge is 0.416 e. The molecule has 43 heavy (non-hydrogen) atoms. The maximum absolute atomic E-state index is 13.7. The van der Waals surface area contributed by atoms with E-state index in [2.05, 4.69) is 39.3 Å². The number of hydrogen-bond donors (Lipinski definition) is 2. The Kier molecular flexibility index (Phi) is 8.71. The van der Waals surface area contributed by atoms with Gasteiger partial charge in [-0.3, -0.25) is 14.6 Å². The van der Waals surface area contributed by atoms with E-state index in [1.807, 2.05) is 32.9 Å². The normalized spacial score (nSPS) is 10.9. The summed E-state index contributed by atoms with van der Waals surface area (Å²) in [7, 11) is 3.22. The molecule has 0 spiro atoms.